The highest BCUT2D eigenvalue weighted by atomic mass is 32.3. The van der Waals surface area contributed by atoms with Crippen molar-refractivity contribution in [1.29, 1.82) is 0 Å². The average Bonchev–Trinajstić information content (AvgIpc) is 2.28. The first-order valence-electron chi connectivity index (χ1n) is 6.67. The van der Waals surface area contributed by atoms with Gasteiger partial charge in [-0.15, -0.1) is 0 Å². The van der Waals surface area contributed by atoms with E-state index in [9.17, 15) is 5.11 Å². The molecule has 0 saturated heterocycles. The molecular formula is C14H24O5S. The number of hydrogen-bond acceptors (Lipinski definition) is 3. The fourth-order valence-corrected chi connectivity index (χ4v) is 1.77. The van der Waals surface area contributed by atoms with Gasteiger partial charge in [-0.05, 0) is 30.4 Å². The molecule has 0 bridgehead atoms. The van der Waals surface area contributed by atoms with Gasteiger partial charge in [-0.2, -0.15) is 8.42 Å². The average molecular weight is 304 g/mol. The zero-order valence-corrected chi connectivity index (χ0v) is 12.8. The SMILES string of the molecule is CC(C)CCCCCc1ccccc1O.O=S(=O)(O)O. The minimum absolute atomic E-state index is 0.446. The van der Waals surface area contributed by atoms with Crippen LogP contribution in [0, 0.1) is 5.92 Å². The lowest BCUT2D eigenvalue weighted by Crippen LogP contribution is -1.89. The van der Waals surface area contributed by atoms with Crippen LogP contribution >= 0.6 is 0 Å². The number of rotatable bonds is 6. The Hall–Kier alpha value is -1.11. The van der Waals surface area contributed by atoms with E-state index in [2.05, 4.69) is 13.8 Å². The van der Waals surface area contributed by atoms with Crippen molar-refractivity contribution in [2.45, 2.75) is 46.0 Å². The van der Waals surface area contributed by atoms with Crippen LogP contribution in [-0.2, 0) is 16.8 Å². The molecule has 6 heteroatoms. The molecule has 5 nitrogen and oxygen atoms in total. The van der Waals surface area contributed by atoms with Crippen LogP contribution in [0.3, 0.4) is 0 Å². The Labute approximate surface area is 121 Å². The summed E-state index contributed by atoms with van der Waals surface area (Å²) in [7, 11) is -4.67. The zero-order chi connectivity index (χ0) is 15.6. The molecule has 0 fully saturated rings. The molecule has 0 spiro atoms. The Morgan fingerprint density at radius 2 is 1.60 bits per heavy atom. The number of aryl methyl sites for hydroxylation is 1. The van der Waals surface area contributed by atoms with Crippen molar-refractivity contribution in [1.82, 2.24) is 0 Å². The summed E-state index contributed by atoms with van der Waals surface area (Å²) in [5, 5.41) is 9.56. The van der Waals surface area contributed by atoms with Crippen LogP contribution in [0.5, 0.6) is 5.75 Å². The molecule has 1 aromatic carbocycles. The number of hydrogen-bond donors (Lipinski definition) is 3. The number of para-hydroxylation sites is 1. The van der Waals surface area contributed by atoms with Gasteiger partial charge in [-0.25, -0.2) is 0 Å². The maximum Gasteiger partial charge on any atom is 0.394 e. The van der Waals surface area contributed by atoms with Crippen molar-refractivity contribution in [3.05, 3.63) is 29.8 Å². The van der Waals surface area contributed by atoms with Crippen molar-refractivity contribution < 1.29 is 22.6 Å². The maximum absolute atomic E-state index is 9.56. The van der Waals surface area contributed by atoms with E-state index in [-0.39, 0.29) is 0 Å². The summed E-state index contributed by atoms with van der Waals surface area (Å²) in [6.45, 7) is 4.53. The van der Waals surface area contributed by atoms with E-state index in [1.54, 1.807) is 6.07 Å². The molecule has 0 unspecified atom stereocenters. The van der Waals surface area contributed by atoms with Gasteiger partial charge in [-0.3, -0.25) is 9.11 Å². The molecule has 0 saturated carbocycles. The second-order valence-electron chi connectivity index (χ2n) is 5.07. The molecule has 1 rings (SSSR count). The van der Waals surface area contributed by atoms with Crippen molar-refractivity contribution in [2.24, 2.45) is 5.92 Å². The summed E-state index contributed by atoms with van der Waals surface area (Å²) < 4.78 is 31.6. The monoisotopic (exact) mass is 304 g/mol. The minimum atomic E-state index is -4.67. The molecule has 0 radical (unpaired) electrons. The number of unbranched alkanes of at least 4 members (excludes halogenated alkanes) is 2. The Morgan fingerprint density at radius 1 is 1.05 bits per heavy atom. The largest absolute Gasteiger partial charge is 0.508 e. The number of phenolic OH excluding ortho intramolecular Hbond substituents is 1. The molecule has 20 heavy (non-hydrogen) atoms. The normalized spacial score (nSPS) is 11.1. The number of phenols is 1. The highest BCUT2D eigenvalue weighted by molar-refractivity contribution is 7.79. The van der Waals surface area contributed by atoms with Crippen LogP contribution < -0.4 is 0 Å². The lowest BCUT2D eigenvalue weighted by Gasteiger charge is -2.05. The van der Waals surface area contributed by atoms with Gasteiger partial charge in [0.15, 0.2) is 0 Å². The molecule has 0 heterocycles. The van der Waals surface area contributed by atoms with Crippen LogP contribution in [0.15, 0.2) is 24.3 Å². The van der Waals surface area contributed by atoms with E-state index >= 15 is 0 Å². The third-order valence-electron chi connectivity index (χ3n) is 2.72. The van der Waals surface area contributed by atoms with Crippen LogP contribution in [0.1, 0.15) is 45.1 Å². The first-order valence-corrected chi connectivity index (χ1v) is 8.06. The molecular weight excluding hydrogens is 280 g/mol. The quantitative estimate of drug-likeness (QED) is 0.552. The number of aromatic hydroxyl groups is 1. The summed E-state index contributed by atoms with van der Waals surface area (Å²) in [4.78, 5) is 0. The second kappa shape index (κ2) is 9.74. The van der Waals surface area contributed by atoms with E-state index in [1.165, 1.54) is 25.7 Å². The van der Waals surface area contributed by atoms with Crippen LogP contribution in [-0.4, -0.2) is 22.6 Å². The highest BCUT2D eigenvalue weighted by Crippen LogP contribution is 2.18. The summed E-state index contributed by atoms with van der Waals surface area (Å²) in [5.74, 6) is 1.26. The topological polar surface area (TPSA) is 94.8 Å². The van der Waals surface area contributed by atoms with E-state index in [0.717, 1.165) is 17.9 Å². The minimum Gasteiger partial charge on any atom is -0.508 e. The third-order valence-corrected chi connectivity index (χ3v) is 2.72. The molecule has 0 aliphatic heterocycles. The number of benzene rings is 1. The van der Waals surface area contributed by atoms with Gasteiger partial charge in [0.05, 0.1) is 0 Å². The van der Waals surface area contributed by atoms with Gasteiger partial charge >= 0.3 is 10.4 Å². The Balaban J connectivity index is 0.000000621. The predicted octanol–water partition coefficient (Wildman–Crippen LogP) is 3.50. The fourth-order valence-electron chi connectivity index (χ4n) is 1.77. The molecule has 0 aliphatic carbocycles. The third kappa shape index (κ3) is 13.3. The van der Waals surface area contributed by atoms with E-state index in [0.29, 0.717) is 5.75 Å². The van der Waals surface area contributed by atoms with Gasteiger partial charge in [0, 0.05) is 0 Å². The van der Waals surface area contributed by atoms with E-state index in [1.807, 2.05) is 18.2 Å². The van der Waals surface area contributed by atoms with E-state index in [4.69, 9.17) is 17.5 Å². The van der Waals surface area contributed by atoms with Crippen LogP contribution in [0.25, 0.3) is 0 Å². The van der Waals surface area contributed by atoms with Gasteiger partial charge in [-0.1, -0.05) is 51.3 Å². The van der Waals surface area contributed by atoms with Crippen LogP contribution in [0.4, 0.5) is 0 Å². The molecule has 0 atom stereocenters. The molecule has 0 amide bonds. The molecule has 0 aliphatic rings. The summed E-state index contributed by atoms with van der Waals surface area (Å²) in [6, 6.07) is 7.64. The van der Waals surface area contributed by atoms with Gasteiger partial charge in [0.2, 0.25) is 0 Å². The fraction of sp³-hybridized carbons (Fsp3) is 0.571. The van der Waals surface area contributed by atoms with Crippen molar-refractivity contribution >= 4 is 10.4 Å². The molecule has 3 N–H and O–H groups in total. The first-order chi connectivity index (χ1) is 9.20. The second-order valence-corrected chi connectivity index (χ2v) is 5.97. The summed E-state index contributed by atoms with van der Waals surface area (Å²) in [6.07, 6.45) is 6.09. The van der Waals surface area contributed by atoms with Crippen molar-refractivity contribution in [3.8, 4) is 5.75 Å². The Kier molecular flexibility index (Phi) is 9.20. The lowest BCUT2D eigenvalue weighted by molar-refractivity contribution is 0.381. The van der Waals surface area contributed by atoms with Crippen molar-refractivity contribution in [3.63, 3.8) is 0 Å². The Morgan fingerprint density at radius 3 is 2.10 bits per heavy atom. The maximum atomic E-state index is 9.56. The lowest BCUT2D eigenvalue weighted by atomic mass is 10.0. The first kappa shape index (κ1) is 18.9. The Bertz CT molecular complexity index is 460. The van der Waals surface area contributed by atoms with Gasteiger partial charge in [0.25, 0.3) is 0 Å². The van der Waals surface area contributed by atoms with E-state index < -0.39 is 10.4 Å². The van der Waals surface area contributed by atoms with Crippen LogP contribution in [0.2, 0.25) is 0 Å². The zero-order valence-electron chi connectivity index (χ0n) is 12.0. The van der Waals surface area contributed by atoms with Crippen molar-refractivity contribution in [2.75, 3.05) is 0 Å². The highest BCUT2D eigenvalue weighted by Gasteiger charge is 1.99. The predicted molar refractivity (Wildman–Crippen MR) is 79.3 cm³/mol. The standard InChI is InChI=1S/C14H22O.H2O4S/c1-12(2)8-4-3-5-9-13-10-6-7-11-14(13)15;1-5(2,3)4/h6-7,10-12,15H,3-5,8-9H2,1-2H3;(H2,1,2,3,4). The van der Waals surface area contributed by atoms with Gasteiger partial charge < -0.3 is 5.11 Å². The molecule has 116 valence electrons. The van der Waals surface area contributed by atoms with Gasteiger partial charge in [0.1, 0.15) is 5.75 Å². The smallest absolute Gasteiger partial charge is 0.394 e. The summed E-state index contributed by atoms with van der Waals surface area (Å²) in [5.41, 5.74) is 1.09. The molecule has 0 aromatic heterocycles. The summed E-state index contributed by atoms with van der Waals surface area (Å²) >= 11 is 0. The molecule has 1 aromatic rings.